The number of nitrogens with zero attached hydrogens (tertiary/aromatic N) is 2. The highest BCUT2D eigenvalue weighted by Crippen LogP contribution is 2.18. The molecule has 0 radical (unpaired) electrons. The van der Waals surface area contributed by atoms with Crippen LogP contribution in [0.5, 0.6) is 0 Å². The van der Waals surface area contributed by atoms with Gasteiger partial charge < -0.3 is 11.1 Å². The van der Waals surface area contributed by atoms with Gasteiger partial charge in [-0.15, -0.1) is 0 Å². The molecule has 0 saturated heterocycles. The number of aromatic nitrogens is 2. The first-order valence-corrected chi connectivity index (χ1v) is 4.50. The van der Waals surface area contributed by atoms with Gasteiger partial charge in [0.1, 0.15) is 0 Å². The Bertz CT molecular complexity index is 354. The summed E-state index contributed by atoms with van der Waals surface area (Å²) in [6.07, 6.45) is 0. The van der Waals surface area contributed by atoms with Crippen LogP contribution in [0.2, 0.25) is 0 Å². The Morgan fingerprint density at radius 2 is 2.14 bits per heavy atom. The van der Waals surface area contributed by atoms with E-state index in [4.69, 9.17) is 5.73 Å². The minimum atomic E-state index is -0.506. The van der Waals surface area contributed by atoms with E-state index >= 15 is 0 Å². The van der Waals surface area contributed by atoms with E-state index in [0.717, 1.165) is 17.1 Å². The van der Waals surface area contributed by atoms with E-state index in [2.05, 4.69) is 10.4 Å². The molecule has 0 aliphatic heterocycles. The highest BCUT2D eigenvalue weighted by atomic mass is 16.2. The standard InChI is InChI=1S/C9H16N4O/c1-5(10)9(14)11-8-6(2)12-13(4)7(8)3/h5H,10H2,1-4H3,(H,11,14). The Morgan fingerprint density at radius 3 is 2.50 bits per heavy atom. The van der Waals surface area contributed by atoms with Crippen molar-refractivity contribution in [1.82, 2.24) is 9.78 Å². The van der Waals surface area contributed by atoms with Crippen molar-refractivity contribution in [3.8, 4) is 0 Å². The average Bonchev–Trinajstić information content (AvgIpc) is 2.32. The molecule has 0 bridgehead atoms. The van der Waals surface area contributed by atoms with Crippen LogP contribution in [-0.4, -0.2) is 21.7 Å². The summed E-state index contributed by atoms with van der Waals surface area (Å²) in [5.41, 5.74) is 7.94. The van der Waals surface area contributed by atoms with Gasteiger partial charge in [0.2, 0.25) is 5.91 Å². The molecule has 1 rings (SSSR count). The fourth-order valence-corrected chi connectivity index (χ4v) is 1.19. The molecule has 3 N–H and O–H groups in total. The van der Waals surface area contributed by atoms with Crippen molar-refractivity contribution in [1.29, 1.82) is 0 Å². The molecule has 5 heteroatoms. The maximum Gasteiger partial charge on any atom is 0.241 e. The predicted molar refractivity (Wildman–Crippen MR) is 55.0 cm³/mol. The normalized spacial score (nSPS) is 12.6. The minimum absolute atomic E-state index is 0.191. The average molecular weight is 196 g/mol. The van der Waals surface area contributed by atoms with Crippen molar-refractivity contribution >= 4 is 11.6 Å². The van der Waals surface area contributed by atoms with Gasteiger partial charge in [-0.2, -0.15) is 5.10 Å². The molecule has 1 aromatic heterocycles. The number of hydrogen-bond donors (Lipinski definition) is 2. The lowest BCUT2D eigenvalue weighted by Crippen LogP contribution is -2.32. The van der Waals surface area contributed by atoms with Crippen LogP contribution in [0.3, 0.4) is 0 Å². The first-order chi connectivity index (χ1) is 6.43. The quantitative estimate of drug-likeness (QED) is 0.715. The molecule has 1 amide bonds. The Morgan fingerprint density at radius 1 is 1.57 bits per heavy atom. The van der Waals surface area contributed by atoms with E-state index < -0.39 is 6.04 Å². The monoisotopic (exact) mass is 196 g/mol. The van der Waals surface area contributed by atoms with E-state index in [0.29, 0.717) is 0 Å². The topological polar surface area (TPSA) is 72.9 Å². The second-order valence-electron chi connectivity index (χ2n) is 3.45. The number of hydrogen-bond acceptors (Lipinski definition) is 3. The SMILES string of the molecule is Cc1nn(C)c(C)c1NC(=O)C(C)N. The van der Waals surface area contributed by atoms with Crippen LogP contribution in [0.4, 0.5) is 5.69 Å². The number of carbonyl (C=O) groups excluding carboxylic acids is 1. The van der Waals surface area contributed by atoms with E-state index in [1.54, 1.807) is 11.6 Å². The van der Waals surface area contributed by atoms with Gasteiger partial charge in [-0.25, -0.2) is 0 Å². The molecule has 5 nitrogen and oxygen atoms in total. The Hall–Kier alpha value is -1.36. The van der Waals surface area contributed by atoms with Crippen molar-refractivity contribution in [3.63, 3.8) is 0 Å². The molecule has 1 aromatic rings. The molecule has 0 aliphatic rings. The van der Waals surface area contributed by atoms with Gasteiger partial charge in [0.05, 0.1) is 23.1 Å². The minimum Gasteiger partial charge on any atom is -0.322 e. The molecule has 78 valence electrons. The van der Waals surface area contributed by atoms with Gasteiger partial charge in [-0.1, -0.05) is 0 Å². The summed E-state index contributed by atoms with van der Waals surface area (Å²) in [6, 6.07) is -0.506. The maximum absolute atomic E-state index is 11.4. The summed E-state index contributed by atoms with van der Waals surface area (Å²) in [5.74, 6) is -0.191. The van der Waals surface area contributed by atoms with Crippen molar-refractivity contribution < 1.29 is 4.79 Å². The third-order valence-electron chi connectivity index (χ3n) is 2.17. The van der Waals surface area contributed by atoms with Crippen LogP contribution in [0.1, 0.15) is 18.3 Å². The molecule has 1 atom stereocenters. The molecular weight excluding hydrogens is 180 g/mol. The lowest BCUT2D eigenvalue weighted by molar-refractivity contribution is -0.117. The number of aryl methyl sites for hydroxylation is 2. The van der Waals surface area contributed by atoms with Gasteiger partial charge in [0, 0.05) is 7.05 Å². The zero-order valence-electron chi connectivity index (χ0n) is 8.96. The third kappa shape index (κ3) is 1.93. The summed E-state index contributed by atoms with van der Waals surface area (Å²) in [5, 5.41) is 6.94. The first-order valence-electron chi connectivity index (χ1n) is 4.50. The lowest BCUT2D eigenvalue weighted by atomic mass is 10.2. The van der Waals surface area contributed by atoms with E-state index in [-0.39, 0.29) is 5.91 Å². The molecule has 0 spiro atoms. The highest BCUT2D eigenvalue weighted by molar-refractivity contribution is 5.95. The van der Waals surface area contributed by atoms with Crippen molar-refractivity contribution in [2.24, 2.45) is 12.8 Å². The van der Waals surface area contributed by atoms with Crippen LogP contribution in [-0.2, 0) is 11.8 Å². The second kappa shape index (κ2) is 3.79. The molecule has 14 heavy (non-hydrogen) atoms. The highest BCUT2D eigenvalue weighted by Gasteiger charge is 2.14. The van der Waals surface area contributed by atoms with E-state index in [1.165, 1.54) is 0 Å². The lowest BCUT2D eigenvalue weighted by Gasteiger charge is -2.07. The zero-order chi connectivity index (χ0) is 10.9. The van der Waals surface area contributed by atoms with Gasteiger partial charge >= 0.3 is 0 Å². The first kappa shape index (κ1) is 10.7. The summed E-state index contributed by atoms with van der Waals surface area (Å²) < 4.78 is 1.73. The largest absolute Gasteiger partial charge is 0.322 e. The number of carbonyl (C=O) groups is 1. The van der Waals surface area contributed by atoms with Crippen LogP contribution < -0.4 is 11.1 Å². The zero-order valence-corrected chi connectivity index (χ0v) is 8.96. The Balaban J connectivity index is 2.92. The van der Waals surface area contributed by atoms with Gasteiger partial charge in [-0.3, -0.25) is 9.48 Å². The summed E-state index contributed by atoms with van der Waals surface area (Å²) in [4.78, 5) is 11.4. The molecule has 0 aromatic carbocycles. The predicted octanol–water partition coefficient (Wildman–Crippen LogP) is 0.323. The van der Waals surface area contributed by atoms with Gasteiger partial charge in [-0.05, 0) is 20.8 Å². The summed E-state index contributed by atoms with van der Waals surface area (Å²) in [6.45, 7) is 5.40. The number of nitrogens with one attached hydrogen (secondary N) is 1. The number of nitrogens with two attached hydrogens (primary N) is 1. The fourth-order valence-electron chi connectivity index (χ4n) is 1.19. The van der Waals surface area contributed by atoms with E-state index in [1.807, 2.05) is 20.9 Å². The number of rotatable bonds is 2. The Labute approximate surface area is 83.3 Å². The summed E-state index contributed by atoms with van der Waals surface area (Å²) >= 11 is 0. The van der Waals surface area contributed by atoms with Crippen LogP contribution in [0.25, 0.3) is 0 Å². The smallest absolute Gasteiger partial charge is 0.241 e. The number of anilines is 1. The van der Waals surface area contributed by atoms with Crippen molar-refractivity contribution in [3.05, 3.63) is 11.4 Å². The maximum atomic E-state index is 11.4. The molecule has 0 fully saturated rings. The fraction of sp³-hybridized carbons (Fsp3) is 0.556. The van der Waals surface area contributed by atoms with E-state index in [9.17, 15) is 4.79 Å². The number of amides is 1. The van der Waals surface area contributed by atoms with Gasteiger partial charge in [0.25, 0.3) is 0 Å². The van der Waals surface area contributed by atoms with Crippen molar-refractivity contribution in [2.75, 3.05) is 5.32 Å². The molecule has 1 unspecified atom stereocenters. The second-order valence-corrected chi connectivity index (χ2v) is 3.45. The third-order valence-corrected chi connectivity index (χ3v) is 2.17. The molecule has 0 saturated carbocycles. The molecule has 1 heterocycles. The molecule has 0 aliphatic carbocycles. The Kier molecular flexibility index (Phi) is 2.90. The summed E-state index contributed by atoms with van der Waals surface area (Å²) in [7, 11) is 1.84. The van der Waals surface area contributed by atoms with Crippen LogP contribution in [0, 0.1) is 13.8 Å². The van der Waals surface area contributed by atoms with Crippen molar-refractivity contribution in [2.45, 2.75) is 26.8 Å². The van der Waals surface area contributed by atoms with Crippen LogP contribution >= 0.6 is 0 Å². The van der Waals surface area contributed by atoms with Crippen LogP contribution in [0.15, 0.2) is 0 Å². The molecular formula is C9H16N4O. The van der Waals surface area contributed by atoms with Gasteiger partial charge in [0.15, 0.2) is 0 Å².